The number of imidazole rings is 1. The second-order valence-corrected chi connectivity index (χ2v) is 5.42. The largest absolute Gasteiger partial charge is 0.335 e. The van der Waals surface area contributed by atoms with Crippen molar-refractivity contribution in [3.63, 3.8) is 0 Å². The maximum absolute atomic E-state index is 12.2. The number of anilines is 1. The maximum atomic E-state index is 12.2. The summed E-state index contributed by atoms with van der Waals surface area (Å²) in [6.45, 7) is 0. The highest BCUT2D eigenvalue weighted by atomic mass is 16.2. The van der Waals surface area contributed by atoms with Crippen molar-refractivity contribution in [3.05, 3.63) is 24.3 Å². The molecule has 1 aromatic carbocycles. The molecule has 1 aliphatic carbocycles. The first-order valence-electron chi connectivity index (χ1n) is 7.23. The molecule has 20 heavy (non-hydrogen) atoms. The molecule has 0 unspecified atom stereocenters. The number of benzene rings is 1. The highest BCUT2D eigenvalue weighted by Gasteiger charge is 2.20. The third kappa shape index (κ3) is 2.61. The fraction of sp³-hybridized carbons (Fsp3) is 0.467. The topological polar surface area (TPSA) is 61.0 Å². The van der Waals surface area contributed by atoms with Crippen LogP contribution in [0.1, 0.15) is 32.1 Å². The summed E-state index contributed by atoms with van der Waals surface area (Å²) in [5, 5.41) is 3.09. The van der Waals surface area contributed by atoms with Gasteiger partial charge in [0.15, 0.2) is 0 Å². The van der Waals surface area contributed by atoms with Gasteiger partial charge in [0.1, 0.15) is 0 Å². The summed E-state index contributed by atoms with van der Waals surface area (Å²) < 4.78 is 0. The molecule has 1 saturated carbocycles. The zero-order valence-electron chi connectivity index (χ0n) is 11.7. The van der Waals surface area contributed by atoms with Crippen LogP contribution in [0.2, 0.25) is 0 Å². The third-order valence-corrected chi connectivity index (χ3v) is 3.93. The molecule has 5 nitrogen and oxygen atoms in total. The summed E-state index contributed by atoms with van der Waals surface area (Å²) in [5.41, 5.74) is 1.82. The molecular weight excluding hydrogens is 252 g/mol. The summed E-state index contributed by atoms with van der Waals surface area (Å²) in [4.78, 5) is 21.4. The van der Waals surface area contributed by atoms with Gasteiger partial charge in [0.25, 0.3) is 0 Å². The molecule has 1 heterocycles. The molecule has 0 bridgehead atoms. The van der Waals surface area contributed by atoms with Crippen LogP contribution in [0.25, 0.3) is 11.0 Å². The third-order valence-electron chi connectivity index (χ3n) is 3.93. The summed E-state index contributed by atoms with van der Waals surface area (Å²) in [5.74, 6) is 0.583. The Morgan fingerprint density at radius 2 is 2.05 bits per heavy atom. The van der Waals surface area contributed by atoms with Gasteiger partial charge in [-0.25, -0.2) is 9.78 Å². The number of rotatable bonds is 2. The first kappa shape index (κ1) is 13.0. The van der Waals surface area contributed by atoms with E-state index in [0.717, 1.165) is 23.9 Å². The Morgan fingerprint density at radius 1 is 1.30 bits per heavy atom. The van der Waals surface area contributed by atoms with Crippen LogP contribution in [0.4, 0.5) is 10.7 Å². The second kappa shape index (κ2) is 5.53. The lowest BCUT2D eigenvalue weighted by Gasteiger charge is -2.25. The second-order valence-electron chi connectivity index (χ2n) is 5.42. The minimum absolute atomic E-state index is 0.0871. The number of urea groups is 1. The van der Waals surface area contributed by atoms with Crippen LogP contribution >= 0.6 is 0 Å². The molecule has 0 aliphatic heterocycles. The SMILES string of the molecule is CN(C(=O)NC1CCCCC1)c1nc2ccccc2[nH]1. The van der Waals surface area contributed by atoms with E-state index in [2.05, 4.69) is 15.3 Å². The fourth-order valence-electron chi connectivity index (χ4n) is 2.71. The zero-order chi connectivity index (χ0) is 13.9. The van der Waals surface area contributed by atoms with E-state index in [1.807, 2.05) is 24.3 Å². The monoisotopic (exact) mass is 272 g/mol. The summed E-state index contributed by atoms with van der Waals surface area (Å²) in [6.07, 6.45) is 5.86. The number of carbonyl (C=O) groups excluding carboxylic acids is 1. The number of para-hydroxylation sites is 2. The van der Waals surface area contributed by atoms with Gasteiger partial charge in [-0.3, -0.25) is 4.90 Å². The van der Waals surface area contributed by atoms with E-state index in [1.165, 1.54) is 19.3 Å². The predicted octanol–water partition coefficient (Wildman–Crippen LogP) is 3.04. The van der Waals surface area contributed by atoms with Gasteiger partial charge in [-0.05, 0) is 25.0 Å². The molecule has 0 radical (unpaired) electrons. The number of aromatic amines is 1. The van der Waals surface area contributed by atoms with Crippen LogP contribution in [-0.2, 0) is 0 Å². The molecule has 0 spiro atoms. The average Bonchev–Trinajstić information content (AvgIpc) is 2.91. The molecule has 2 N–H and O–H groups in total. The molecule has 2 aromatic rings. The highest BCUT2D eigenvalue weighted by molar-refractivity contribution is 5.91. The fourth-order valence-corrected chi connectivity index (χ4v) is 2.71. The first-order valence-corrected chi connectivity index (χ1v) is 7.23. The van der Waals surface area contributed by atoms with Crippen LogP contribution < -0.4 is 10.2 Å². The normalized spacial score (nSPS) is 16.2. The van der Waals surface area contributed by atoms with Crippen molar-refractivity contribution in [2.24, 2.45) is 0 Å². The maximum Gasteiger partial charge on any atom is 0.324 e. The molecule has 5 heteroatoms. The van der Waals surface area contributed by atoms with E-state index in [0.29, 0.717) is 12.0 Å². The Kier molecular flexibility index (Phi) is 3.58. The molecule has 0 saturated heterocycles. The lowest BCUT2D eigenvalue weighted by atomic mass is 9.96. The van der Waals surface area contributed by atoms with Gasteiger partial charge in [-0.1, -0.05) is 31.4 Å². The minimum Gasteiger partial charge on any atom is -0.335 e. The number of nitrogens with one attached hydrogen (secondary N) is 2. The molecule has 2 amide bonds. The molecule has 1 aliphatic rings. The van der Waals surface area contributed by atoms with Crippen molar-refractivity contribution in [3.8, 4) is 0 Å². The smallest absolute Gasteiger partial charge is 0.324 e. The van der Waals surface area contributed by atoms with Gasteiger partial charge in [0, 0.05) is 13.1 Å². The Labute approximate surface area is 118 Å². The summed E-state index contributed by atoms with van der Waals surface area (Å²) in [6, 6.07) is 8.00. The molecule has 1 fully saturated rings. The number of hydrogen-bond donors (Lipinski definition) is 2. The number of fused-ring (bicyclic) bond motifs is 1. The number of H-pyrrole nitrogens is 1. The number of amides is 2. The zero-order valence-corrected chi connectivity index (χ0v) is 11.7. The first-order chi connectivity index (χ1) is 9.74. The van der Waals surface area contributed by atoms with Crippen LogP contribution in [0.15, 0.2) is 24.3 Å². The van der Waals surface area contributed by atoms with Crippen molar-refractivity contribution < 1.29 is 4.79 Å². The Morgan fingerprint density at radius 3 is 2.80 bits per heavy atom. The van der Waals surface area contributed by atoms with Crippen LogP contribution in [-0.4, -0.2) is 29.1 Å². The van der Waals surface area contributed by atoms with Crippen molar-refractivity contribution >= 4 is 23.0 Å². The molecule has 3 rings (SSSR count). The number of aromatic nitrogens is 2. The van der Waals surface area contributed by atoms with Gasteiger partial charge in [0.2, 0.25) is 5.95 Å². The molecule has 1 aromatic heterocycles. The molecule has 106 valence electrons. The van der Waals surface area contributed by atoms with Gasteiger partial charge < -0.3 is 10.3 Å². The lowest BCUT2D eigenvalue weighted by molar-refractivity contribution is 0.239. The van der Waals surface area contributed by atoms with E-state index >= 15 is 0 Å². The van der Waals surface area contributed by atoms with Crippen molar-refractivity contribution in [2.75, 3.05) is 11.9 Å². The van der Waals surface area contributed by atoms with E-state index in [4.69, 9.17) is 0 Å². The number of nitrogens with zero attached hydrogens (tertiary/aromatic N) is 2. The average molecular weight is 272 g/mol. The number of carbonyl (C=O) groups is 1. The van der Waals surface area contributed by atoms with Gasteiger partial charge in [0.05, 0.1) is 11.0 Å². The van der Waals surface area contributed by atoms with Gasteiger partial charge in [-0.15, -0.1) is 0 Å². The molecule has 0 atom stereocenters. The predicted molar refractivity (Wildman–Crippen MR) is 79.9 cm³/mol. The van der Waals surface area contributed by atoms with Crippen molar-refractivity contribution in [1.82, 2.24) is 15.3 Å². The van der Waals surface area contributed by atoms with Gasteiger partial charge in [-0.2, -0.15) is 0 Å². The van der Waals surface area contributed by atoms with E-state index < -0.39 is 0 Å². The van der Waals surface area contributed by atoms with E-state index in [-0.39, 0.29) is 6.03 Å². The quantitative estimate of drug-likeness (QED) is 0.882. The van der Waals surface area contributed by atoms with E-state index in [1.54, 1.807) is 11.9 Å². The summed E-state index contributed by atoms with van der Waals surface area (Å²) >= 11 is 0. The Bertz CT molecular complexity index is 568. The standard InChI is InChI=1S/C15H20N4O/c1-19(15(20)16-11-7-3-2-4-8-11)14-17-12-9-5-6-10-13(12)18-14/h5-6,9-11H,2-4,7-8H2,1H3,(H,16,20)(H,17,18). The lowest BCUT2D eigenvalue weighted by Crippen LogP contribution is -2.44. The van der Waals surface area contributed by atoms with E-state index in [9.17, 15) is 4.79 Å². The number of hydrogen-bond acceptors (Lipinski definition) is 2. The summed E-state index contributed by atoms with van der Waals surface area (Å²) in [7, 11) is 1.75. The van der Waals surface area contributed by atoms with Crippen LogP contribution in [0, 0.1) is 0 Å². The Balaban J connectivity index is 1.70. The van der Waals surface area contributed by atoms with Crippen molar-refractivity contribution in [1.29, 1.82) is 0 Å². The highest BCUT2D eigenvalue weighted by Crippen LogP contribution is 2.19. The molecular formula is C15H20N4O. The van der Waals surface area contributed by atoms with Gasteiger partial charge >= 0.3 is 6.03 Å². The van der Waals surface area contributed by atoms with Crippen molar-refractivity contribution in [2.45, 2.75) is 38.1 Å². The van der Waals surface area contributed by atoms with Crippen LogP contribution in [0.3, 0.4) is 0 Å². The van der Waals surface area contributed by atoms with Crippen LogP contribution in [0.5, 0.6) is 0 Å². The minimum atomic E-state index is -0.0871. The Hall–Kier alpha value is -2.04.